The van der Waals surface area contributed by atoms with Gasteiger partial charge in [0.1, 0.15) is 0 Å². The number of carbonyl (C=O) groups excluding carboxylic acids is 2. The molecule has 8 heteroatoms. The number of aromatic nitrogens is 1. The molecule has 1 saturated carbocycles. The van der Waals surface area contributed by atoms with Gasteiger partial charge in [0.05, 0.1) is 22.8 Å². The van der Waals surface area contributed by atoms with Crippen molar-refractivity contribution in [3.8, 4) is 11.3 Å². The highest BCUT2D eigenvalue weighted by atomic mass is 35.5. The molecule has 36 heavy (non-hydrogen) atoms. The summed E-state index contributed by atoms with van der Waals surface area (Å²) in [6.45, 7) is 5.63. The quantitative estimate of drug-likeness (QED) is 0.514. The van der Waals surface area contributed by atoms with Crippen LogP contribution >= 0.6 is 11.6 Å². The molecule has 2 fully saturated rings. The maximum Gasteiger partial charge on any atom is 0.410 e. The number of carbonyl (C=O) groups is 2. The van der Waals surface area contributed by atoms with Crippen molar-refractivity contribution >= 4 is 34.5 Å². The lowest BCUT2D eigenvalue weighted by molar-refractivity contribution is 0.0412. The van der Waals surface area contributed by atoms with Crippen molar-refractivity contribution in [2.75, 3.05) is 26.2 Å². The Bertz CT molecular complexity index is 1310. The average Bonchev–Trinajstić information content (AvgIpc) is 3.64. The molecule has 7 nitrogen and oxygen atoms in total. The molecule has 1 atom stereocenters. The van der Waals surface area contributed by atoms with Crippen molar-refractivity contribution in [1.82, 2.24) is 14.8 Å². The van der Waals surface area contributed by atoms with Gasteiger partial charge in [-0.2, -0.15) is 0 Å². The van der Waals surface area contributed by atoms with E-state index in [1.165, 1.54) is 0 Å². The molecule has 1 aromatic heterocycles. The summed E-state index contributed by atoms with van der Waals surface area (Å²) in [6, 6.07) is 15.3. The van der Waals surface area contributed by atoms with Gasteiger partial charge >= 0.3 is 6.09 Å². The van der Waals surface area contributed by atoms with Crippen molar-refractivity contribution < 1.29 is 14.3 Å². The van der Waals surface area contributed by atoms with Gasteiger partial charge in [0.2, 0.25) is 0 Å². The molecule has 3 aromatic rings. The van der Waals surface area contributed by atoms with Gasteiger partial charge in [-0.25, -0.2) is 9.78 Å². The topological polar surface area (TPSA) is 88.8 Å². The van der Waals surface area contributed by atoms with Gasteiger partial charge in [-0.05, 0) is 49.9 Å². The van der Waals surface area contributed by atoms with Gasteiger partial charge in [-0.15, -0.1) is 0 Å². The Labute approximate surface area is 216 Å². The molecule has 5 rings (SSSR count). The lowest BCUT2D eigenvalue weighted by atomic mass is 10.0. The number of hydrogen-bond acceptors (Lipinski definition) is 5. The zero-order valence-electron chi connectivity index (χ0n) is 20.7. The third-order valence-corrected chi connectivity index (χ3v) is 7.44. The smallest absolute Gasteiger partial charge is 0.410 e. The van der Waals surface area contributed by atoms with Crippen molar-refractivity contribution in [2.24, 2.45) is 5.73 Å². The first-order chi connectivity index (χ1) is 17.3. The van der Waals surface area contributed by atoms with Gasteiger partial charge in [0, 0.05) is 47.7 Å². The summed E-state index contributed by atoms with van der Waals surface area (Å²) in [6.07, 6.45) is 2.49. The molecule has 2 N–H and O–H groups in total. The van der Waals surface area contributed by atoms with Crippen LogP contribution in [0.3, 0.4) is 0 Å². The van der Waals surface area contributed by atoms with Crippen LogP contribution in [0.5, 0.6) is 0 Å². The number of pyridine rings is 1. The van der Waals surface area contributed by atoms with Crippen LogP contribution in [0, 0.1) is 0 Å². The van der Waals surface area contributed by atoms with Gasteiger partial charge in [0.15, 0.2) is 0 Å². The first-order valence-corrected chi connectivity index (χ1v) is 12.9. The molecule has 2 heterocycles. The highest BCUT2D eigenvalue weighted by molar-refractivity contribution is 6.35. The molecule has 0 unspecified atom stereocenters. The number of rotatable bonds is 5. The van der Waals surface area contributed by atoms with Crippen LogP contribution in [0.1, 0.15) is 49.0 Å². The lowest BCUT2D eigenvalue weighted by Crippen LogP contribution is -2.55. The largest absolute Gasteiger partial charge is 0.449 e. The van der Waals surface area contributed by atoms with Crippen molar-refractivity contribution in [1.29, 1.82) is 0 Å². The molecule has 0 radical (unpaired) electrons. The second-order valence-corrected chi connectivity index (χ2v) is 10.3. The minimum absolute atomic E-state index is 0.0873. The van der Waals surface area contributed by atoms with Gasteiger partial charge in [0.25, 0.3) is 5.91 Å². The molecule has 2 aliphatic rings. The summed E-state index contributed by atoms with van der Waals surface area (Å²) in [4.78, 5) is 33.9. The van der Waals surface area contributed by atoms with E-state index in [1.54, 1.807) is 21.9 Å². The first kappa shape index (κ1) is 24.5. The Morgan fingerprint density at radius 1 is 1.14 bits per heavy atom. The third-order valence-electron chi connectivity index (χ3n) is 7.13. The summed E-state index contributed by atoms with van der Waals surface area (Å²) in [7, 11) is 0. The van der Waals surface area contributed by atoms with Crippen molar-refractivity contribution in [3.05, 3.63) is 64.7 Å². The van der Waals surface area contributed by atoms with E-state index in [1.807, 2.05) is 38.1 Å². The highest BCUT2D eigenvalue weighted by Gasteiger charge is 2.39. The predicted molar refractivity (Wildman–Crippen MR) is 141 cm³/mol. The summed E-state index contributed by atoms with van der Waals surface area (Å²) in [5.74, 6) is -0.0873. The Balaban J connectivity index is 1.35. The molecular weight excluding hydrogens is 476 g/mol. The Morgan fingerprint density at radius 3 is 2.56 bits per heavy atom. The number of fused-ring (bicyclic) bond motifs is 1. The van der Waals surface area contributed by atoms with Crippen LogP contribution < -0.4 is 5.73 Å². The van der Waals surface area contributed by atoms with Crippen molar-refractivity contribution in [3.63, 3.8) is 0 Å². The fraction of sp³-hybridized carbons (Fsp3) is 0.393. The number of hydrogen-bond donors (Lipinski definition) is 1. The predicted octanol–water partition coefficient (Wildman–Crippen LogP) is 5.20. The van der Waals surface area contributed by atoms with Crippen LogP contribution in [-0.4, -0.2) is 59.1 Å². The van der Waals surface area contributed by atoms with Crippen LogP contribution in [0.4, 0.5) is 4.79 Å². The molecule has 0 spiro atoms. The van der Waals surface area contributed by atoms with E-state index in [0.29, 0.717) is 42.3 Å². The fourth-order valence-electron chi connectivity index (χ4n) is 4.73. The zero-order valence-corrected chi connectivity index (χ0v) is 21.4. The molecule has 188 valence electrons. The van der Waals surface area contributed by atoms with Crippen LogP contribution in [0.15, 0.2) is 48.5 Å². The van der Waals surface area contributed by atoms with Crippen LogP contribution in [-0.2, 0) is 10.3 Å². The molecule has 0 bridgehead atoms. The van der Waals surface area contributed by atoms with Crippen LogP contribution in [0.2, 0.25) is 5.02 Å². The van der Waals surface area contributed by atoms with E-state index in [0.717, 1.165) is 41.5 Å². The van der Waals surface area contributed by atoms with Gasteiger partial charge in [-0.3, -0.25) is 4.79 Å². The number of piperazine rings is 1. The van der Waals surface area contributed by atoms with E-state index < -0.39 is 0 Å². The average molecular weight is 507 g/mol. The van der Waals surface area contributed by atoms with E-state index in [4.69, 9.17) is 27.1 Å². The SMILES string of the molecule is CCCOC(=O)N1CCN(C(=O)c2ccc3c(Cl)cc(-c4ccc(C5(N)CC5)cc4)nc3c2)C[C@H]1C. The number of halogens is 1. The highest BCUT2D eigenvalue weighted by Crippen LogP contribution is 2.43. The van der Waals surface area contributed by atoms with Gasteiger partial charge < -0.3 is 20.3 Å². The molecular formula is C28H31ClN4O3. The minimum atomic E-state index is -0.319. The Morgan fingerprint density at radius 2 is 1.89 bits per heavy atom. The molecule has 1 saturated heterocycles. The summed E-state index contributed by atoms with van der Waals surface area (Å²) >= 11 is 6.60. The monoisotopic (exact) mass is 506 g/mol. The van der Waals surface area contributed by atoms with Crippen molar-refractivity contribution in [2.45, 2.75) is 44.7 Å². The van der Waals surface area contributed by atoms with E-state index >= 15 is 0 Å². The maximum atomic E-state index is 13.3. The zero-order chi connectivity index (χ0) is 25.4. The fourth-order valence-corrected chi connectivity index (χ4v) is 4.99. The third kappa shape index (κ3) is 4.77. The number of ether oxygens (including phenoxy) is 1. The second-order valence-electron chi connectivity index (χ2n) is 9.86. The lowest BCUT2D eigenvalue weighted by Gasteiger charge is -2.39. The van der Waals surface area contributed by atoms with E-state index in [9.17, 15) is 9.59 Å². The van der Waals surface area contributed by atoms with Crippen LogP contribution in [0.25, 0.3) is 22.2 Å². The molecule has 2 aromatic carbocycles. The van der Waals surface area contributed by atoms with Gasteiger partial charge in [-0.1, -0.05) is 48.9 Å². The molecule has 1 aliphatic carbocycles. The second kappa shape index (κ2) is 9.71. The normalized spacial score (nSPS) is 18.8. The standard InChI is InChI=1S/C28H31ClN4O3/c1-3-14-36-27(35)33-13-12-32(17-18(33)2)26(34)20-6-9-22-23(29)16-24(31-25(22)15-20)19-4-7-21(8-5-19)28(30)10-11-28/h4-9,15-16,18H,3,10-14,17,30H2,1-2H3/t18-/m1/s1. The number of nitrogens with zero attached hydrogens (tertiary/aromatic N) is 3. The molecule has 2 amide bonds. The minimum Gasteiger partial charge on any atom is -0.449 e. The Hall–Kier alpha value is -3.16. The summed E-state index contributed by atoms with van der Waals surface area (Å²) < 4.78 is 5.27. The number of nitrogens with two attached hydrogens (primary N) is 1. The van der Waals surface area contributed by atoms with E-state index in [2.05, 4.69) is 12.1 Å². The first-order valence-electron chi connectivity index (χ1n) is 12.5. The molecule has 1 aliphatic heterocycles. The summed E-state index contributed by atoms with van der Waals surface area (Å²) in [5.41, 5.74) is 10.2. The Kier molecular flexibility index (Phi) is 6.62. The number of amides is 2. The summed E-state index contributed by atoms with van der Waals surface area (Å²) in [5, 5.41) is 1.38. The maximum absolute atomic E-state index is 13.3. The van der Waals surface area contributed by atoms with E-state index in [-0.39, 0.29) is 23.6 Å². The number of benzene rings is 2.